The van der Waals surface area contributed by atoms with Crippen LogP contribution in [0.3, 0.4) is 0 Å². The third kappa shape index (κ3) is 1.64. The van der Waals surface area contributed by atoms with Gasteiger partial charge in [0.2, 0.25) is 0 Å². The number of nitrogens with one attached hydrogen (secondary N) is 1. The number of fused-ring (bicyclic) bond motifs is 2. The van der Waals surface area contributed by atoms with Gasteiger partial charge in [-0.15, -0.1) is 0 Å². The van der Waals surface area contributed by atoms with Crippen molar-refractivity contribution in [1.82, 2.24) is 24.6 Å². The van der Waals surface area contributed by atoms with Gasteiger partial charge in [0, 0.05) is 16.9 Å². The first-order valence-corrected chi connectivity index (χ1v) is 6.54. The van der Waals surface area contributed by atoms with Gasteiger partial charge >= 0.3 is 0 Å². The Hall–Kier alpha value is -2.21. The molecule has 0 radical (unpaired) electrons. The van der Waals surface area contributed by atoms with Crippen molar-refractivity contribution in [1.29, 1.82) is 0 Å². The predicted octanol–water partition coefficient (Wildman–Crippen LogP) is 3.04. The molecule has 92 valence electrons. The number of pyridine rings is 2. The summed E-state index contributed by atoms with van der Waals surface area (Å²) in [7, 11) is 0. The first-order chi connectivity index (χ1) is 9.31. The molecule has 4 heterocycles. The van der Waals surface area contributed by atoms with Crippen LogP contribution >= 0.6 is 15.9 Å². The first kappa shape index (κ1) is 10.7. The zero-order chi connectivity index (χ0) is 12.8. The fourth-order valence-corrected chi connectivity index (χ4v) is 2.45. The molecular formula is C13H8BrN5. The van der Waals surface area contributed by atoms with Gasteiger partial charge in [0.25, 0.3) is 0 Å². The molecule has 0 fully saturated rings. The van der Waals surface area contributed by atoms with Crippen LogP contribution < -0.4 is 0 Å². The lowest BCUT2D eigenvalue weighted by molar-refractivity contribution is 0.961. The molecule has 0 spiro atoms. The number of nitrogens with zero attached hydrogens (tertiary/aromatic N) is 4. The number of H-pyrrole nitrogens is 1. The van der Waals surface area contributed by atoms with Crippen LogP contribution in [-0.4, -0.2) is 24.6 Å². The summed E-state index contributed by atoms with van der Waals surface area (Å²) in [6, 6.07) is 7.91. The number of hydrogen-bond donors (Lipinski definition) is 1. The Bertz CT molecular complexity index is 892. The molecule has 4 aromatic heterocycles. The van der Waals surface area contributed by atoms with Gasteiger partial charge < -0.3 is 4.98 Å². The number of halogens is 1. The minimum Gasteiger partial charge on any atom is -0.336 e. The summed E-state index contributed by atoms with van der Waals surface area (Å²) in [5, 5.41) is 4.31. The molecule has 1 N–H and O–H groups in total. The second-order valence-electron chi connectivity index (χ2n) is 4.20. The molecule has 0 aliphatic rings. The zero-order valence-electron chi connectivity index (χ0n) is 9.71. The van der Waals surface area contributed by atoms with E-state index in [4.69, 9.17) is 0 Å². The van der Waals surface area contributed by atoms with Crippen LogP contribution in [0.25, 0.3) is 28.1 Å². The minimum absolute atomic E-state index is 0.702. The molecule has 0 aromatic carbocycles. The summed E-state index contributed by atoms with van der Waals surface area (Å²) < 4.78 is 2.75. The molecule has 5 nitrogen and oxygen atoms in total. The topological polar surface area (TPSA) is 58.9 Å². The Labute approximate surface area is 116 Å². The summed E-state index contributed by atoms with van der Waals surface area (Å²) in [6.07, 6.45) is 5.46. The molecule has 0 saturated heterocycles. The lowest BCUT2D eigenvalue weighted by Gasteiger charge is -1.93. The van der Waals surface area contributed by atoms with Crippen LogP contribution in [0.1, 0.15) is 0 Å². The maximum absolute atomic E-state index is 4.51. The Morgan fingerprint density at radius 1 is 1.21 bits per heavy atom. The smallest absolute Gasteiger partial charge is 0.178 e. The van der Waals surface area contributed by atoms with Crippen LogP contribution in [0.2, 0.25) is 0 Å². The Balaban J connectivity index is 1.99. The molecule has 4 aromatic rings. The summed E-state index contributed by atoms with van der Waals surface area (Å²) in [5.74, 6) is 0.779. The van der Waals surface area contributed by atoms with E-state index in [1.54, 1.807) is 6.20 Å². The van der Waals surface area contributed by atoms with Gasteiger partial charge in [-0.3, -0.25) is 0 Å². The third-order valence-electron chi connectivity index (χ3n) is 2.99. The van der Waals surface area contributed by atoms with Gasteiger partial charge in [-0.25, -0.2) is 14.5 Å². The van der Waals surface area contributed by atoms with Gasteiger partial charge in [-0.2, -0.15) is 5.10 Å². The van der Waals surface area contributed by atoms with Crippen molar-refractivity contribution < 1.29 is 0 Å². The average Bonchev–Trinajstić information content (AvgIpc) is 3.00. The maximum Gasteiger partial charge on any atom is 0.178 e. The van der Waals surface area contributed by atoms with Crippen LogP contribution in [-0.2, 0) is 0 Å². The Kier molecular flexibility index (Phi) is 2.19. The monoisotopic (exact) mass is 313 g/mol. The summed E-state index contributed by atoms with van der Waals surface area (Å²) in [5.41, 5.74) is 3.59. The lowest BCUT2D eigenvalue weighted by Crippen LogP contribution is -1.84. The van der Waals surface area contributed by atoms with E-state index in [0.717, 1.165) is 26.9 Å². The van der Waals surface area contributed by atoms with Gasteiger partial charge in [0.1, 0.15) is 5.82 Å². The predicted molar refractivity (Wildman–Crippen MR) is 75.8 cm³/mol. The van der Waals surface area contributed by atoms with Gasteiger partial charge in [0.15, 0.2) is 5.65 Å². The van der Waals surface area contributed by atoms with Crippen molar-refractivity contribution in [2.75, 3.05) is 0 Å². The van der Waals surface area contributed by atoms with E-state index in [-0.39, 0.29) is 0 Å². The van der Waals surface area contributed by atoms with E-state index < -0.39 is 0 Å². The molecule has 0 aliphatic heterocycles. The van der Waals surface area contributed by atoms with Gasteiger partial charge in [-0.1, -0.05) is 6.07 Å². The molecular weight excluding hydrogens is 306 g/mol. The number of rotatable bonds is 1. The molecule has 6 heteroatoms. The average molecular weight is 314 g/mol. The molecule has 4 rings (SSSR count). The molecule has 0 aliphatic carbocycles. The van der Waals surface area contributed by atoms with Crippen molar-refractivity contribution in [3.05, 3.63) is 47.3 Å². The number of imidazole rings is 1. The molecule has 0 atom stereocenters. The van der Waals surface area contributed by atoms with E-state index in [2.05, 4.69) is 36.0 Å². The highest BCUT2D eigenvalue weighted by Crippen LogP contribution is 2.24. The first-order valence-electron chi connectivity index (χ1n) is 5.75. The number of hydrogen-bond acceptors (Lipinski definition) is 3. The van der Waals surface area contributed by atoms with Gasteiger partial charge in [-0.05, 0) is 34.1 Å². The number of aromatic amines is 1. The second-order valence-corrected chi connectivity index (χ2v) is 5.11. The molecule has 0 bridgehead atoms. The zero-order valence-corrected chi connectivity index (χ0v) is 11.3. The standard InChI is InChI=1S/C13H8BrN5/c14-8-5-10-13(15-6-8)18-12(17-10)9-7-16-19-4-2-1-3-11(9)19/h1-7H,(H,15,17,18). The number of aromatic nitrogens is 5. The highest BCUT2D eigenvalue weighted by molar-refractivity contribution is 9.10. The van der Waals surface area contributed by atoms with E-state index in [1.165, 1.54) is 0 Å². The molecule has 0 saturated carbocycles. The summed E-state index contributed by atoms with van der Waals surface area (Å²) in [4.78, 5) is 12.1. The molecule has 0 unspecified atom stereocenters. The van der Waals surface area contributed by atoms with E-state index in [9.17, 15) is 0 Å². The molecule has 19 heavy (non-hydrogen) atoms. The van der Waals surface area contributed by atoms with Crippen molar-refractivity contribution in [3.63, 3.8) is 0 Å². The van der Waals surface area contributed by atoms with E-state index in [1.807, 2.05) is 41.2 Å². The SMILES string of the molecule is Brc1cnc2nc(-c3cnn4ccccc34)[nH]c2c1. The van der Waals surface area contributed by atoms with Crippen LogP contribution in [0, 0.1) is 0 Å². The van der Waals surface area contributed by atoms with Crippen LogP contribution in [0.4, 0.5) is 0 Å². The van der Waals surface area contributed by atoms with Crippen LogP contribution in [0.15, 0.2) is 47.3 Å². The Morgan fingerprint density at radius 3 is 3.11 bits per heavy atom. The fraction of sp³-hybridized carbons (Fsp3) is 0. The largest absolute Gasteiger partial charge is 0.336 e. The maximum atomic E-state index is 4.51. The highest BCUT2D eigenvalue weighted by Gasteiger charge is 2.11. The van der Waals surface area contributed by atoms with Gasteiger partial charge in [0.05, 0.1) is 22.8 Å². The normalized spacial score (nSPS) is 11.4. The van der Waals surface area contributed by atoms with Crippen molar-refractivity contribution in [3.8, 4) is 11.4 Å². The minimum atomic E-state index is 0.702. The van der Waals surface area contributed by atoms with E-state index in [0.29, 0.717) is 5.65 Å². The van der Waals surface area contributed by atoms with E-state index >= 15 is 0 Å². The highest BCUT2D eigenvalue weighted by atomic mass is 79.9. The summed E-state index contributed by atoms with van der Waals surface area (Å²) >= 11 is 3.40. The second kappa shape index (κ2) is 3.89. The van der Waals surface area contributed by atoms with Crippen molar-refractivity contribution in [2.45, 2.75) is 0 Å². The van der Waals surface area contributed by atoms with Crippen molar-refractivity contribution in [2.24, 2.45) is 0 Å². The van der Waals surface area contributed by atoms with Crippen LogP contribution in [0.5, 0.6) is 0 Å². The Morgan fingerprint density at radius 2 is 2.16 bits per heavy atom. The molecule has 0 amide bonds. The quantitative estimate of drug-likeness (QED) is 0.587. The fourth-order valence-electron chi connectivity index (χ4n) is 2.12. The summed E-state index contributed by atoms with van der Waals surface area (Å²) in [6.45, 7) is 0. The van der Waals surface area contributed by atoms with Crippen molar-refractivity contribution >= 4 is 32.6 Å². The third-order valence-corrected chi connectivity index (χ3v) is 3.42. The lowest BCUT2D eigenvalue weighted by atomic mass is 10.2.